The van der Waals surface area contributed by atoms with Crippen LogP contribution in [0, 0.1) is 0 Å². The number of hydrogen-bond donors (Lipinski definition) is 1. The second kappa shape index (κ2) is 10.4. The lowest BCUT2D eigenvalue weighted by Gasteiger charge is -2.38. The number of unbranched alkanes of at least 4 members (excludes halogenated alkanes) is 1. The van der Waals surface area contributed by atoms with Gasteiger partial charge in [-0.2, -0.15) is 0 Å². The van der Waals surface area contributed by atoms with Gasteiger partial charge in [0.1, 0.15) is 0 Å². The second-order valence-electron chi connectivity index (χ2n) is 9.39. The molecular weight excluding hydrogens is 418 g/mol. The zero-order chi connectivity index (χ0) is 23.2. The van der Waals surface area contributed by atoms with Crippen LogP contribution in [-0.2, 0) is 12.1 Å². The molecule has 5 rings (SSSR count). The Morgan fingerprint density at radius 2 is 1.29 bits per heavy atom. The summed E-state index contributed by atoms with van der Waals surface area (Å²) in [5.41, 5.74) is 4.93. The van der Waals surface area contributed by atoms with Crippen molar-refractivity contribution < 1.29 is 5.11 Å². The number of hydrogen-bond acceptors (Lipinski definition) is 3. The van der Waals surface area contributed by atoms with Crippen molar-refractivity contribution in [2.45, 2.75) is 37.8 Å². The Morgan fingerprint density at radius 3 is 1.97 bits per heavy atom. The summed E-state index contributed by atoms with van der Waals surface area (Å²) in [5.74, 6) is 0. The van der Waals surface area contributed by atoms with Crippen LogP contribution in [0.1, 0.15) is 31.2 Å². The van der Waals surface area contributed by atoms with Crippen LogP contribution in [0.15, 0.2) is 97.5 Å². The third-order valence-electron chi connectivity index (χ3n) is 7.06. The highest BCUT2D eigenvalue weighted by atomic mass is 16.3. The molecule has 1 N–H and O–H groups in total. The summed E-state index contributed by atoms with van der Waals surface area (Å²) >= 11 is 0. The lowest BCUT2D eigenvalue weighted by Crippen LogP contribution is -2.42. The van der Waals surface area contributed by atoms with Gasteiger partial charge in [-0.1, -0.05) is 84.9 Å². The minimum Gasteiger partial charge on any atom is -0.385 e. The van der Waals surface area contributed by atoms with Crippen LogP contribution in [0.5, 0.6) is 0 Å². The molecule has 2 heterocycles. The van der Waals surface area contributed by atoms with E-state index in [9.17, 15) is 5.11 Å². The first-order valence-electron chi connectivity index (χ1n) is 12.4. The van der Waals surface area contributed by atoms with Crippen LogP contribution in [0.4, 0.5) is 0 Å². The molecule has 1 fully saturated rings. The summed E-state index contributed by atoms with van der Waals surface area (Å²) < 4.78 is 2.19. The number of rotatable bonds is 8. The Balaban J connectivity index is 1.07. The number of nitrogens with zero attached hydrogens (tertiary/aromatic N) is 3. The fourth-order valence-corrected chi connectivity index (χ4v) is 4.91. The molecule has 0 saturated carbocycles. The number of likely N-dealkylation sites (tertiary alicyclic amines) is 1. The minimum absolute atomic E-state index is 0.712. The van der Waals surface area contributed by atoms with E-state index < -0.39 is 5.60 Å². The number of piperidine rings is 1. The van der Waals surface area contributed by atoms with Gasteiger partial charge in [-0.3, -0.25) is 0 Å². The molecule has 0 amide bonds. The Hall–Kier alpha value is -3.21. The zero-order valence-corrected chi connectivity index (χ0v) is 19.7. The molecule has 3 aromatic carbocycles. The molecule has 4 aromatic rings. The Labute approximate surface area is 202 Å². The number of aliphatic hydroxyl groups is 1. The Bertz CT molecular complexity index is 1160. The third kappa shape index (κ3) is 5.30. The summed E-state index contributed by atoms with van der Waals surface area (Å²) in [5, 5.41) is 11.3. The summed E-state index contributed by atoms with van der Waals surface area (Å²) in [7, 11) is 0. The van der Waals surface area contributed by atoms with Gasteiger partial charge in [0.15, 0.2) is 0 Å². The minimum atomic E-state index is -0.712. The molecule has 34 heavy (non-hydrogen) atoms. The van der Waals surface area contributed by atoms with Crippen molar-refractivity contribution >= 4 is 0 Å². The average molecular weight is 452 g/mol. The van der Waals surface area contributed by atoms with E-state index in [-0.39, 0.29) is 0 Å². The molecule has 0 bridgehead atoms. The van der Waals surface area contributed by atoms with E-state index in [1.54, 1.807) is 0 Å². The van der Waals surface area contributed by atoms with E-state index >= 15 is 0 Å². The van der Waals surface area contributed by atoms with E-state index in [1.165, 1.54) is 11.1 Å². The molecule has 0 aliphatic carbocycles. The highest BCUT2D eigenvalue weighted by Crippen LogP contribution is 2.34. The fraction of sp³-hybridized carbons (Fsp3) is 0.300. The van der Waals surface area contributed by atoms with Gasteiger partial charge in [-0.25, -0.2) is 4.98 Å². The van der Waals surface area contributed by atoms with Gasteiger partial charge < -0.3 is 14.6 Å². The van der Waals surface area contributed by atoms with Crippen molar-refractivity contribution in [1.29, 1.82) is 0 Å². The summed E-state index contributed by atoms with van der Waals surface area (Å²) in [6.07, 6.45) is 7.94. The van der Waals surface area contributed by atoms with E-state index in [0.29, 0.717) is 0 Å². The lowest BCUT2D eigenvalue weighted by atomic mass is 9.84. The van der Waals surface area contributed by atoms with E-state index in [2.05, 4.69) is 81.3 Å². The topological polar surface area (TPSA) is 41.3 Å². The van der Waals surface area contributed by atoms with Crippen molar-refractivity contribution in [3.63, 3.8) is 0 Å². The molecule has 4 nitrogen and oxygen atoms in total. The predicted octanol–water partition coefficient (Wildman–Crippen LogP) is 5.98. The Kier molecular flexibility index (Phi) is 6.89. The Morgan fingerprint density at radius 1 is 0.706 bits per heavy atom. The number of aromatic nitrogens is 2. The number of aryl methyl sites for hydroxylation is 1. The van der Waals surface area contributed by atoms with Crippen molar-refractivity contribution in [1.82, 2.24) is 14.5 Å². The number of imidazole rings is 1. The summed E-state index contributed by atoms with van der Waals surface area (Å²) in [4.78, 5) is 7.04. The quantitative estimate of drug-likeness (QED) is 0.335. The first-order valence-corrected chi connectivity index (χ1v) is 12.4. The first kappa shape index (κ1) is 22.6. The molecule has 1 aliphatic rings. The third-order valence-corrected chi connectivity index (χ3v) is 7.06. The lowest BCUT2D eigenvalue weighted by molar-refractivity contribution is -0.0261. The van der Waals surface area contributed by atoms with Gasteiger partial charge in [-0.05, 0) is 48.9 Å². The van der Waals surface area contributed by atoms with Gasteiger partial charge in [0.25, 0.3) is 0 Å². The highest BCUT2D eigenvalue weighted by Gasteiger charge is 2.33. The molecular formula is C30H33N3O. The van der Waals surface area contributed by atoms with Crippen molar-refractivity contribution in [2.75, 3.05) is 19.6 Å². The first-order chi connectivity index (χ1) is 16.7. The summed E-state index contributed by atoms with van der Waals surface area (Å²) in [6, 6.07) is 29.2. The largest absolute Gasteiger partial charge is 0.385 e. The molecule has 4 heteroatoms. The maximum atomic E-state index is 11.3. The smallest absolute Gasteiger partial charge is 0.0953 e. The van der Waals surface area contributed by atoms with Crippen LogP contribution in [0.3, 0.4) is 0 Å². The van der Waals surface area contributed by atoms with Crippen LogP contribution < -0.4 is 0 Å². The van der Waals surface area contributed by atoms with E-state index in [1.807, 2.05) is 30.6 Å². The fourth-order valence-electron chi connectivity index (χ4n) is 4.91. The van der Waals surface area contributed by atoms with Crippen LogP contribution in [0.25, 0.3) is 22.4 Å². The molecule has 1 aliphatic heterocycles. The zero-order valence-electron chi connectivity index (χ0n) is 19.7. The predicted molar refractivity (Wildman–Crippen MR) is 138 cm³/mol. The monoisotopic (exact) mass is 451 g/mol. The average Bonchev–Trinajstić information content (AvgIpc) is 3.38. The highest BCUT2D eigenvalue weighted by molar-refractivity contribution is 5.63. The SMILES string of the molecule is OC1(c2ccc(-c3ccccc3)cc2)CCN(CCCCn2cnc(-c3ccccc3)c2)CC1. The molecule has 1 aromatic heterocycles. The van der Waals surface area contributed by atoms with Crippen molar-refractivity contribution in [3.8, 4) is 22.4 Å². The maximum Gasteiger partial charge on any atom is 0.0953 e. The van der Waals surface area contributed by atoms with Gasteiger partial charge in [0.05, 0.1) is 17.6 Å². The molecule has 0 spiro atoms. The van der Waals surface area contributed by atoms with E-state index in [0.717, 1.165) is 68.7 Å². The van der Waals surface area contributed by atoms with Crippen LogP contribution in [-0.4, -0.2) is 39.2 Å². The maximum absolute atomic E-state index is 11.3. The normalized spacial score (nSPS) is 15.9. The van der Waals surface area contributed by atoms with Gasteiger partial charge in [-0.15, -0.1) is 0 Å². The van der Waals surface area contributed by atoms with E-state index in [4.69, 9.17) is 0 Å². The molecule has 0 radical (unpaired) electrons. The molecule has 1 saturated heterocycles. The molecule has 0 atom stereocenters. The summed E-state index contributed by atoms with van der Waals surface area (Å²) in [6.45, 7) is 3.97. The number of benzene rings is 3. The standard InChI is InChI=1S/C30H33N3O/c34-30(28-15-13-26(14-16-28)25-9-3-1-4-10-25)17-21-32(22-18-30)19-7-8-20-33-23-29(31-24-33)27-11-5-2-6-12-27/h1-6,9-16,23-24,34H,7-8,17-22H2. The van der Waals surface area contributed by atoms with Gasteiger partial charge >= 0.3 is 0 Å². The molecule has 0 unspecified atom stereocenters. The van der Waals surface area contributed by atoms with Gasteiger partial charge in [0, 0.05) is 31.4 Å². The van der Waals surface area contributed by atoms with Crippen LogP contribution >= 0.6 is 0 Å². The second-order valence-corrected chi connectivity index (χ2v) is 9.39. The molecule has 174 valence electrons. The van der Waals surface area contributed by atoms with Gasteiger partial charge in [0.2, 0.25) is 0 Å². The van der Waals surface area contributed by atoms with Crippen molar-refractivity contribution in [2.24, 2.45) is 0 Å². The van der Waals surface area contributed by atoms with Crippen molar-refractivity contribution in [3.05, 3.63) is 103 Å². The van der Waals surface area contributed by atoms with Crippen LogP contribution in [0.2, 0.25) is 0 Å².